The summed E-state index contributed by atoms with van der Waals surface area (Å²) in [7, 11) is 0. The molecular formula is C17H24N2O2. The third-order valence-corrected chi connectivity index (χ3v) is 3.94. The second kappa shape index (κ2) is 7.27. The van der Waals surface area contributed by atoms with Gasteiger partial charge in [0.25, 0.3) is 0 Å². The van der Waals surface area contributed by atoms with Crippen molar-refractivity contribution in [2.24, 2.45) is 5.92 Å². The van der Waals surface area contributed by atoms with Crippen molar-refractivity contribution >= 4 is 6.03 Å². The lowest BCUT2D eigenvalue weighted by atomic mass is 10.0. The fourth-order valence-corrected chi connectivity index (χ4v) is 2.50. The number of nitrogens with one attached hydrogen (secondary N) is 2. The summed E-state index contributed by atoms with van der Waals surface area (Å²) < 4.78 is 0. The smallest absolute Gasteiger partial charge is 0.315 e. The highest BCUT2D eigenvalue weighted by Crippen LogP contribution is 2.17. The third kappa shape index (κ3) is 4.60. The maximum absolute atomic E-state index is 11.9. The second-order valence-electron chi connectivity index (χ2n) is 5.84. The molecule has 0 aromatic heterocycles. The first-order valence-corrected chi connectivity index (χ1v) is 7.48. The molecule has 114 valence electrons. The Balaban J connectivity index is 1.74. The lowest BCUT2D eigenvalue weighted by molar-refractivity contribution is 0.231. The largest absolute Gasteiger partial charge is 0.396 e. The first-order chi connectivity index (χ1) is 10.1. The van der Waals surface area contributed by atoms with Crippen LogP contribution in [0.15, 0.2) is 36.4 Å². The van der Waals surface area contributed by atoms with E-state index in [1.807, 2.05) is 12.2 Å². The van der Waals surface area contributed by atoms with Gasteiger partial charge >= 0.3 is 6.03 Å². The molecule has 1 aliphatic carbocycles. The predicted molar refractivity (Wildman–Crippen MR) is 84.2 cm³/mol. The first kappa shape index (κ1) is 15.6. The molecule has 4 nitrogen and oxygen atoms in total. The lowest BCUT2D eigenvalue weighted by Gasteiger charge is -2.16. The van der Waals surface area contributed by atoms with E-state index in [0.717, 1.165) is 6.42 Å². The molecule has 1 aromatic rings. The molecule has 0 heterocycles. The molecule has 1 aliphatic rings. The summed E-state index contributed by atoms with van der Waals surface area (Å²) in [6, 6.07) is 8.25. The minimum absolute atomic E-state index is 0.0248. The number of hydrogen-bond acceptors (Lipinski definition) is 2. The van der Waals surface area contributed by atoms with Crippen LogP contribution in [-0.2, 0) is 0 Å². The zero-order chi connectivity index (χ0) is 15.2. The average Bonchev–Trinajstić information content (AvgIpc) is 2.93. The number of hydrogen-bond donors (Lipinski definition) is 3. The van der Waals surface area contributed by atoms with Crippen molar-refractivity contribution in [1.29, 1.82) is 0 Å². The SMILES string of the molecule is Cc1ccc(C(C)CNC(=O)N[C@@H]2C=C[C@H](CO)C2)cc1. The van der Waals surface area contributed by atoms with Gasteiger partial charge in [-0.25, -0.2) is 4.79 Å². The van der Waals surface area contributed by atoms with Gasteiger partial charge in [-0.15, -0.1) is 0 Å². The van der Waals surface area contributed by atoms with Crippen LogP contribution in [0.2, 0.25) is 0 Å². The first-order valence-electron chi connectivity index (χ1n) is 7.48. The number of rotatable bonds is 5. The van der Waals surface area contributed by atoms with Gasteiger partial charge in [-0.2, -0.15) is 0 Å². The number of aliphatic hydroxyl groups is 1. The van der Waals surface area contributed by atoms with Gasteiger partial charge in [0.05, 0.1) is 0 Å². The predicted octanol–water partition coefficient (Wildman–Crippen LogP) is 2.33. The molecule has 0 saturated carbocycles. The molecule has 3 N–H and O–H groups in total. The van der Waals surface area contributed by atoms with Crippen molar-refractivity contribution in [3.63, 3.8) is 0 Å². The molecular weight excluding hydrogens is 264 g/mol. The Labute approximate surface area is 126 Å². The van der Waals surface area contributed by atoms with Crippen LogP contribution in [0.3, 0.4) is 0 Å². The Kier molecular flexibility index (Phi) is 5.39. The summed E-state index contributed by atoms with van der Waals surface area (Å²) in [5, 5.41) is 14.9. The molecule has 0 radical (unpaired) electrons. The standard InChI is InChI=1S/C17H24N2O2/c1-12-3-6-15(7-4-12)13(2)10-18-17(21)19-16-8-5-14(9-16)11-20/h3-8,13-14,16,20H,9-11H2,1-2H3,(H2,18,19,21)/t13?,14-,16+/m0/s1. The van der Waals surface area contributed by atoms with Crippen LogP contribution >= 0.6 is 0 Å². The molecule has 0 saturated heterocycles. The van der Waals surface area contributed by atoms with E-state index in [0.29, 0.717) is 6.54 Å². The third-order valence-electron chi connectivity index (χ3n) is 3.94. The number of aliphatic hydroxyl groups excluding tert-OH is 1. The van der Waals surface area contributed by atoms with Crippen molar-refractivity contribution in [1.82, 2.24) is 10.6 Å². The summed E-state index contributed by atoms with van der Waals surface area (Å²) in [5.41, 5.74) is 2.46. The van der Waals surface area contributed by atoms with Crippen molar-refractivity contribution in [3.05, 3.63) is 47.5 Å². The van der Waals surface area contributed by atoms with Gasteiger partial charge in [-0.05, 0) is 24.8 Å². The monoisotopic (exact) mass is 288 g/mol. The summed E-state index contributed by atoms with van der Waals surface area (Å²) in [4.78, 5) is 11.9. The minimum atomic E-state index is -0.151. The molecule has 0 aliphatic heterocycles. The Hall–Kier alpha value is -1.81. The maximum atomic E-state index is 11.9. The van der Waals surface area contributed by atoms with E-state index in [4.69, 9.17) is 5.11 Å². The van der Waals surface area contributed by atoms with Crippen LogP contribution in [0.25, 0.3) is 0 Å². The number of benzene rings is 1. The number of urea groups is 1. The van der Waals surface area contributed by atoms with Crippen LogP contribution in [-0.4, -0.2) is 30.3 Å². The van der Waals surface area contributed by atoms with Crippen LogP contribution in [0.5, 0.6) is 0 Å². The van der Waals surface area contributed by atoms with Crippen LogP contribution < -0.4 is 10.6 Å². The van der Waals surface area contributed by atoms with Crippen molar-refractivity contribution < 1.29 is 9.90 Å². The molecule has 1 unspecified atom stereocenters. The highest BCUT2D eigenvalue weighted by atomic mass is 16.3. The molecule has 21 heavy (non-hydrogen) atoms. The fourth-order valence-electron chi connectivity index (χ4n) is 2.50. The van der Waals surface area contributed by atoms with Gasteiger partial charge < -0.3 is 15.7 Å². The zero-order valence-corrected chi connectivity index (χ0v) is 12.7. The average molecular weight is 288 g/mol. The molecule has 3 atom stereocenters. The van der Waals surface area contributed by atoms with Crippen molar-refractivity contribution in [2.75, 3.05) is 13.2 Å². The molecule has 1 aromatic carbocycles. The zero-order valence-electron chi connectivity index (χ0n) is 12.7. The Morgan fingerprint density at radius 2 is 2.05 bits per heavy atom. The molecule has 0 spiro atoms. The number of carbonyl (C=O) groups excluding carboxylic acids is 1. The van der Waals surface area contributed by atoms with Crippen LogP contribution in [0.4, 0.5) is 4.79 Å². The topological polar surface area (TPSA) is 61.4 Å². The number of amides is 2. The Morgan fingerprint density at radius 1 is 1.33 bits per heavy atom. The highest BCUT2D eigenvalue weighted by Gasteiger charge is 2.19. The van der Waals surface area contributed by atoms with Gasteiger partial charge in [0.15, 0.2) is 0 Å². The Morgan fingerprint density at radius 3 is 2.67 bits per heavy atom. The van der Waals surface area contributed by atoms with Gasteiger partial charge in [0, 0.05) is 25.1 Å². The van der Waals surface area contributed by atoms with Crippen molar-refractivity contribution in [3.8, 4) is 0 Å². The molecule has 4 heteroatoms. The van der Waals surface area contributed by atoms with E-state index < -0.39 is 0 Å². The summed E-state index contributed by atoms with van der Waals surface area (Å²) in [6.45, 7) is 4.91. The minimum Gasteiger partial charge on any atom is -0.396 e. The molecule has 0 bridgehead atoms. The number of carbonyl (C=O) groups is 1. The molecule has 2 amide bonds. The van der Waals surface area contributed by atoms with Crippen LogP contribution in [0.1, 0.15) is 30.4 Å². The quantitative estimate of drug-likeness (QED) is 0.728. The van der Waals surface area contributed by atoms with E-state index in [2.05, 4.69) is 48.7 Å². The van der Waals surface area contributed by atoms with Gasteiger partial charge in [0.2, 0.25) is 0 Å². The van der Waals surface area contributed by atoms with E-state index in [9.17, 15) is 4.79 Å². The van der Waals surface area contributed by atoms with E-state index in [1.54, 1.807) is 0 Å². The fraction of sp³-hybridized carbons (Fsp3) is 0.471. The second-order valence-corrected chi connectivity index (χ2v) is 5.84. The summed E-state index contributed by atoms with van der Waals surface area (Å²) >= 11 is 0. The van der Waals surface area contributed by atoms with Gasteiger partial charge in [-0.3, -0.25) is 0 Å². The van der Waals surface area contributed by atoms with E-state index in [1.165, 1.54) is 11.1 Å². The van der Waals surface area contributed by atoms with E-state index >= 15 is 0 Å². The normalized spacial score (nSPS) is 22.0. The van der Waals surface area contributed by atoms with Gasteiger partial charge in [-0.1, -0.05) is 48.9 Å². The maximum Gasteiger partial charge on any atom is 0.315 e. The van der Waals surface area contributed by atoms with Gasteiger partial charge in [0.1, 0.15) is 0 Å². The summed E-state index contributed by atoms with van der Waals surface area (Å²) in [6.07, 6.45) is 4.68. The Bertz CT molecular complexity index is 496. The van der Waals surface area contributed by atoms with E-state index in [-0.39, 0.29) is 30.5 Å². The molecule has 2 rings (SSSR count). The summed E-state index contributed by atoms with van der Waals surface area (Å²) in [5.74, 6) is 0.447. The molecule has 0 fully saturated rings. The highest BCUT2D eigenvalue weighted by molar-refractivity contribution is 5.74. The van der Waals surface area contributed by atoms with Crippen LogP contribution in [0, 0.1) is 12.8 Å². The lowest BCUT2D eigenvalue weighted by Crippen LogP contribution is -2.42. The number of aryl methyl sites for hydroxylation is 1. The van der Waals surface area contributed by atoms with Crippen molar-refractivity contribution in [2.45, 2.75) is 32.2 Å².